The third kappa shape index (κ3) is 3.43. The third-order valence-corrected chi connectivity index (χ3v) is 4.34. The van der Waals surface area contributed by atoms with Crippen LogP contribution in [0.15, 0.2) is 72.8 Å². The van der Waals surface area contributed by atoms with Gasteiger partial charge in [-0.15, -0.1) is 0 Å². The SMILES string of the molecule is Fc1cccc(Cn2c(-c3ccccc3)nc3cc(C(F)(F)F)ccc32)c1. The molecule has 0 atom stereocenters. The molecule has 0 unspecified atom stereocenters. The minimum atomic E-state index is -4.44. The second-order valence-electron chi connectivity index (χ2n) is 6.22. The Morgan fingerprint density at radius 1 is 0.852 bits per heavy atom. The van der Waals surface area contributed by atoms with E-state index >= 15 is 0 Å². The van der Waals surface area contributed by atoms with E-state index in [4.69, 9.17) is 0 Å². The Morgan fingerprint density at radius 3 is 2.33 bits per heavy atom. The number of halogens is 4. The molecule has 0 aliphatic rings. The fourth-order valence-electron chi connectivity index (χ4n) is 3.09. The molecule has 0 N–H and O–H groups in total. The molecular weight excluding hydrogens is 356 g/mol. The predicted molar refractivity (Wildman–Crippen MR) is 95.7 cm³/mol. The van der Waals surface area contributed by atoms with Crippen molar-refractivity contribution in [3.8, 4) is 11.4 Å². The topological polar surface area (TPSA) is 17.8 Å². The molecule has 0 amide bonds. The van der Waals surface area contributed by atoms with Gasteiger partial charge in [-0.1, -0.05) is 42.5 Å². The van der Waals surface area contributed by atoms with Gasteiger partial charge < -0.3 is 4.57 Å². The zero-order valence-electron chi connectivity index (χ0n) is 14.0. The monoisotopic (exact) mass is 370 g/mol. The number of hydrogen-bond donors (Lipinski definition) is 0. The average molecular weight is 370 g/mol. The largest absolute Gasteiger partial charge is 0.416 e. The molecule has 136 valence electrons. The molecular formula is C21H14F4N2. The van der Waals surface area contributed by atoms with Gasteiger partial charge in [-0.2, -0.15) is 13.2 Å². The standard InChI is InChI=1S/C21H14F4N2/c22-17-8-4-5-14(11-17)13-27-19-10-9-16(21(23,24)25)12-18(19)26-20(27)15-6-2-1-3-7-15/h1-12H,13H2. The van der Waals surface area contributed by atoms with Crippen LogP contribution < -0.4 is 0 Å². The predicted octanol–water partition coefficient (Wildman–Crippen LogP) is 5.91. The van der Waals surface area contributed by atoms with Crippen molar-refractivity contribution in [2.75, 3.05) is 0 Å². The lowest BCUT2D eigenvalue weighted by molar-refractivity contribution is -0.137. The minimum Gasteiger partial charge on any atom is -0.319 e. The number of alkyl halides is 3. The summed E-state index contributed by atoms with van der Waals surface area (Å²) in [6.45, 7) is 0.295. The highest BCUT2D eigenvalue weighted by molar-refractivity contribution is 5.81. The maximum atomic E-state index is 13.6. The molecule has 1 aromatic heterocycles. The van der Waals surface area contributed by atoms with E-state index < -0.39 is 11.7 Å². The van der Waals surface area contributed by atoms with Crippen LogP contribution in [0.25, 0.3) is 22.4 Å². The van der Waals surface area contributed by atoms with E-state index in [1.807, 2.05) is 30.3 Å². The van der Waals surface area contributed by atoms with Crippen molar-refractivity contribution < 1.29 is 17.6 Å². The van der Waals surface area contributed by atoms with Gasteiger partial charge in [0.2, 0.25) is 0 Å². The molecule has 0 saturated heterocycles. The van der Waals surface area contributed by atoms with E-state index in [1.54, 1.807) is 16.7 Å². The first kappa shape index (κ1) is 17.3. The van der Waals surface area contributed by atoms with Crippen LogP contribution in [-0.2, 0) is 12.7 Å². The molecule has 27 heavy (non-hydrogen) atoms. The molecule has 3 aromatic carbocycles. The summed E-state index contributed by atoms with van der Waals surface area (Å²) in [4.78, 5) is 4.44. The van der Waals surface area contributed by atoms with Crippen molar-refractivity contribution in [1.82, 2.24) is 9.55 Å². The van der Waals surface area contributed by atoms with Crippen LogP contribution in [0.5, 0.6) is 0 Å². The quantitative estimate of drug-likeness (QED) is 0.410. The molecule has 2 nitrogen and oxygen atoms in total. The van der Waals surface area contributed by atoms with Gasteiger partial charge >= 0.3 is 6.18 Å². The first-order valence-corrected chi connectivity index (χ1v) is 8.29. The summed E-state index contributed by atoms with van der Waals surface area (Å²) in [6.07, 6.45) is -4.44. The lowest BCUT2D eigenvalue weighted by atomic mass is 10.1. The van der Waals surface area contributed by atoms with Gasteiger partial charge in [-0.3, -0.25) is 0 Å². The molecule has 0 spiro atoms. The Bertz CT molecular complexity index is 1100. The number of benzene rings is 3. The first-order chi connectivity index (χ1) is 12.9. The van der Waals surface area contributed by atoms with E-state index in [1.165, 1.54) is 18.2 Å². The number of imidazole rings is 1. The third-order valence-electron chi connectivity index (χ3n) is 4.34. The molecule has 4 rings (SSSR count). The van der Waals surface area contributed by atoms with Crippen molar-refractivity contribution in [3.63, 3.8) is 0 Å². The number of aromatic nitrogens is 2. The van der Waals surface area contributed by atoms with Crippen LogP contribution in [0, 0.1) is 5.82 Å². The van der Waals surface area contributed by atoms with Gasteiger partial charge in [0.15, 0.2) is 0 Å². The van der Waals surface area contributed by atoms with Gasteiger partial charge in [0, 0.05) is 12.1 Å². The van der Waals surface area contributed by atoms with E-state index in [0.29, 0.717) is 23.4 Å². The molecule has 1 heterocycles. The zero-order chi connectivity index (χ0) is 19.0. The second kappa shape index (κ2) is 6.54. The number of nitrogens with zero attached hydrogens (tertiary/aromatic N) is 2. The molecule has 0 bridgehead atoms. The van der Waals surface area contributed by atoms with Gasteiger partial charge in [-0.25, -0.2) is 9.37 Å². The number of hydrogen-bond acceptors (Lipinski definition) is 1. The molecule has 0 fully saturated rings. The van der Waals surface area contributed by atoms with Crippen LogP contribution in [0.3, 0.4) is 0 Å². The number of rotatable bonds is 3. The van der Waals surface area contributed by atoms with Gasteiger partial charge in [0.1, 0.15) is 11.6 Å². The molecule has 0 saturated carbocycles. The highest BCUT2D eigenvalue weighted by atomic mass is 19.4. The van der Waals surface area contributed by atoms with E-state index in [9.17, 15) is 17.6 Å². The molecule has 6 heteroatoms. The summed E-state index contributed by atoms with van der Waals surface area (Å²) in [5, 5.41) is 0. The van der Waals surface area contributed by atoms with E-state index in [0.717, 1.165) is 17.7 Å². The fourth-order valence-corrected chi connectivity index (χ4v) is 3.09. The zero-order valence-corrected chi connectivity index (χ0v) is 14.0. The van der Waals surface area contributed by atoms with Gasteiger partial charge in [0.05, 0.1) is 16.6 Å². The Balaban J connectivity index is 1.90. The maximum Gasteiger partial charge on any atom is 0.416 e. The summed E-state index contributed by atoms with van der Waals surface area (Å²) >= 11 is 0. The van der Waals surface area contributed by atoms with Crippen LogP contribution in [0.2, 0.25) is 0 Å². The summed E-state index contributed by atoms with van der Waals surface area (Å²) in [5.74, 6) is 0.173. The smallest absolute Gasteiger partial charge is 0.319 e. The van der Waals surface area contributed by atoms with Crippen molar-refractivity contribution >= 4 is 11.0 Å². The summed E-state index contributed by atoms with van der Waals surface area (Å²) < 4.78 is 54.6. The highest BCUT2D eigenvalue weighted by Gasteiger charge is 2.31. The maximum absolute atomic E-state index is 13.6. The van der Waals surface area contributed by atoms with Crippen LogP contribution in [-0.4, -0.2) is 9.55 Å². The molecule has 0 aliphatic carbocycles. The molecule has 0 radical (unpaired) electrons. The normalized spacial score (nSPS) is 11.9. The first-order valence-electron chi connectivity index (χ1n) is 8.29. The highest BCUT2D eigenvalue weighted by Crippen LogP contribution is 2.33. The Morgan fingerprint density at radius 2 is 1.63 bits per heavy atom. The summed E-state index contributed by atoms with van der Waals surface area (Å²) in [6, 6.07) is 18.8. The molecule has 4 aromatic rings. The van der Waals surface area contributed by atoms with Crippen LogP contribution >= 0.6 is 0 Å². The molecule has 0 aliphatic heterocycles. The lowest BCUT2D eigenvalue weighted by Crippen LogP contribution is -2.05. The van der Waals surface area contributed by atoms with E-state index in [2.05, 4.69) is 4.98 Å². The van der Waals surface area contributed by atoms with Crippen molar-refractivity contribution in [2.45, 2.75) is 12.7 Å². The second-order valence-corrected chi connectivity index (χ2v) is 6.22. The Kier molecular flexibility index (Phi) is 4.18. The van der Waals surface area contributed by atoms with Crippen LogP contribution in [0.4, 0.5) is 17.6 Å². The average Bonchev–Trinajstić information content (AvgIpc) is 3.00. The lowest BCUT2D eigenvalue weighted by Gasteiger charge is -2.10. The van der Waals surface area contributed by atoms with Crippen molar-refractivity contribution in [2.24, 2.45) is 0 Å². The van der Waals surface area contributed by atoms with E-state index in [-0.39, 0.29) is 11.3 Å². The van der Waals surface area contributed by atoms with Gasteiger partial charge in [0.25, 0.3) is 0 Å². The Labute approximate surface area is 152 Å². The Hall–Kier alpha value is -3.15. The minimum absolute atomic E-state index is 0.250. The van der Waals surface area contributed by atoms with Gasteiger partial charge in [-0.05, 0) is 35.9 Å². The van der Waals surface area contributed by atoms with Crippen LogP contribution in [0.1, 0.15) is 11.1 Å². The fraction of sp³-hybridized carbons (Fsp3) is 0.0952. The number of fused-ring (bicyclic) bond motifs is 1. The summed E-state index contributed by atoms with van der Waals surface area (Å²) in [5.41, 5.74) is 1.54. The van der Waals surface area contributed by atoms with Crippen molar-refractivity contribution in [1.29, 1.82) is 0 Å². The van der Waals surface area contributed by atoms with Crippen molar-refractivity contribution in [3.05, 3.63) is 89.7 Å². The summed E-state index contributed by atoms with van der Waals surface area (Å²) in [7, 11) is 0.